The average molecular weight is 392 g/mol. The van der Waals surface area contributed by atoms with Crippen LogP contribution in [0.25, 0.3) is 0 Å². The molecule has 1 atom stereocenters. The molecule has 0 saturated carbocycles. The van der Waals surface area contributed by atoms with E-state index in [-0.39, 0.29) is 11.9 Å². The molecule has 0 radical (unpaired) electrons. The van der Waals surface area contributed by atoms with Crippen LogP contribution >= 0.6 is 0 Å². The van der Waals surface area contributed by atoms with Gasteiger partial charge in [0.2, 0.25) is 5.91 Å². The summed E-state index contributed by atoms with van der Waals surface area (Å²) in [5, 5.41) is 9.22. The Morgan fingerprint density at radius 2 is 1.93 bits per heavy atom. The Labute approximate surface area is 172 Å². The second-order valence-corrected chi connectivity index (χ2v) is 7.82. The number of rotatable bonds is 7. The van der Waals surface area contributed by atoms with E-state index in [0.29, 0.717) is 18.0 Å². The third kappa shape index (κ3) is 5.49. The van der Waals surface area contributed by atoms with Crippen molar-refractivity contribution in [3.05, 3.63) is 59.7 Å². The number of benzene rings is 2. The third-order valence-electron chi connectivity index (χ3n) is 5.69. The summed E-state index contributed by atoms with van der Waals surface area (Å²) in [5.41, 5.74) is 14.9. The number of nitrogens with two attached hydrogens (primary N) is 2. The number of carbonyl (C=O) groups excluding carboxylic acids is 1. The number of piperidine rings is 1. The molecule has 0 aromatic heterocycles. The van der Waals surface area contributed by atoms with Gasteiger partial charge in [-0.2, -0.15) is 5.26 Å². The van der Waals surface area contributed by atoms with Gasteiger partial charge >= 0.3 is 0 Å². The molecule has 29 heavy (non-hydrogen) atoms. The Kier molecular flexibility index (Phi) is 6.73. The van der Waals surface area contributed by atoms with Crippen LogP contribution in [0, 0.1) is 11.3 Å². The van der Waals surface area contributed by atoms with Crippen molar-refractivity contribution in [3.63, 3.8) is 0 Å². The smallest absolute Gasteiger partial charge is 0.218 e. The van der Waals surface area contributed by atoms with E-state index in [9.17, 15) is 10.1 Å². The highest BCUT2D eigenvalue weighted by molar-refractivity contribution is 5.74. The number of amides is 1. The summed E-state index contributed by atoms with van der Waals surface area (Å²) < 4.78 is 0. The minimum absolute atomic E-state index is 0.172. The minimum Gasteiger partial charge on any atom is -0.399 e. The van der Waals surface area contributed by atoms with E-state index in [1.165, 1.54) is 0 Å². The van der Waals surface area contributed by atoms with Crippen LogP contribution in [0.4, 0.5) is 11.4 Å². The third-order valence-corrected chi connectivity index (χ3v) is 5.69. The van der Waals surface area contributed by atoms with Gasteiger partial charge in [0, 0.05) is 49.5 Å². The van der Waals surface area contributed by atoms with Crippen LogP contribution in [0.2, 0.25) is 0 Å². The summed E-state index contributed by atoms with van der Waals surface area (Å²) in [6.07, 6.45) is 2.41. The van der Waals surface area contributed by atoms with Crippen molar-refractivity contribution in [2.45, 2.75) is 44.8 Å². The monoisotopic (exact) mass is 391 g/mol. The van der Waals surface area contributed by atoms with Gasteiger partial charge < -0.3 is 16.4 Å². The predicted molar refractivity (Wildman–Crippen MR) is 116 cm³/mol. The molecule has 0 bridgehead atoms. The van der Waals surface area contributed by atoms with E-state index in [2.05, 4.69) is 41.0 Å². The van der Waals surface area contributed by atoms with Crippen molar-refractivity contribution in [3.8, 4) is 6.07 Å². The molecule has 1 aliphatic rings. The molecular formula is C23H29N5O. The summed E-state index contributed by atoms with van der Waals surface area (Å²) in [6, 6.07) is 18.5. The molecule has 1 aliphatic heterocycles. The lowest BCUT2D eigenvalue weighted by Gasteiger charge is -2.41. The number of nitrogen functional groups attached to an aromatic ring is 1. The molecule has 4 N–H and O–H groups in total. The second-order valence-electron chi connectivity index (χ2n) is 7.82. The van der Waals surface area contributed by atoms with Crippen LogP contribution in [0.5, 0.6) is 0 Å². The SMILES string of the molecule is CC(CC(N)=O)N1CCC(N(Cc2cccc(C#N)c2)c2ccc(N)cc2)CC1. The van der Waals surface area contributed by atoms with Gasteiger partial charge in [-0.25, -0.2) is 0 Å². The highest BCUT2D eigenvalue weighted by atomic mass is 16.1. The molecule has 1 heterocycles. The summed E-state index contributed by atoms with van der Waals surface area (Å²) in [5.74, 6) is -0.250. The molecule has 152 valence electrons. The van der Waals surface area contributed by atoms with Crippen LogP contribution < -0.4 is 16.4 Å². The van der Waals surface area contributed by atoms with Crippen LogP contribution in [0.3, 0.4) is 0 Å². The Balaban J connectivity index is 1.76. The topological polar surface area (TPSA) is 99.4 Å². The lowest BCUT2D eigenvalue weighted by Crippen LogP contribution is -2.48. The normalized spacial score (nSPS) is 16.1. The van der Waals surface area contributed by atoms with Gasteiger partial charge in [-0.3, -0.25) is 9.69 Å². The van der Waals surface area contributed by atoms with Gasteiger partial charge in [0.25, 0.3) is 0 Å². The molecule has 2 aromatic rings. The van der Waals surface area contributed by atoms with E-state index in [1.54, 1.807) is 0 Å². The van der Waals surface area contributed by atoms with E-state index < -0.39 is 0 Å². The van der Waals surface area contributed by atoms with Gasteiger partial charge in [-0.1, -0.05) is 12.1 Å². The largest absolute Gasteiger partial charge is 0.399 e. The highest BCUT2D eigenvalue weighted by Gasteiger charge is 2.27. The maximum Gasteiger partial charge on any atom is 0.218 e. The maximum atomic E-state index is 11.2. The average Bonchev–Trinajstić information content (AvgIpc) is 2.72. The van der Waals surface area contributed by atoms with Gasteiger partial charge in [0.1, 0.15) is 0 Å². The Morgan fingerprint density at radius 1 is 1.24 bits per heavy atom. The number of hydrogen-bond donors (Lipinski definition) is 2. The van der Waals surface area contributed by atoms with Crippen molar-refractivity contribution < 1.29 is 4.79 Å². The van der Waals surface area contributed by atoms with Crippen molar-refractivity contribution in [1.29, 1.82) is 5.26 Å². The second kappa shape index (κ2) is 9.44. The molecular weight excluding hydrogens is 362 g/mol. The van der Waals surface area contributed by atoms with Gasteiger partial charge in [0.15, 0.2) is 0 Å². The molecule has 1 amide bonds. The van der Waals surface area contributed by atoms with E-state index in [4.69, 9.17) is 11.5 Å². The summed E-state index contributed by atoms with van der Waals surface area (Å²) in [7, 11) is 0. The predicted octanol–water partition coefficient (Wildman–Crippen LogP) is 2.88. The van der Waals surface area contributed by atoms with Crippen LogP contribution in [-0.4, -0.2) is 36.0 Å². The lowest BCUT2D eigenvalue weighted by molar-refractivity contribution is -0.119. The van der Waals surface area contributed by atoms with Gasteiger partial charge in [0.05, 0.1) is 11.6 Å². The molecule has 2 aromatic carbocycles. The first-order valence-electron chi connectivity index (χ1n) is 10.1. The van der Waals surface area contributed by atoms with Crippen molar-refractivity contribution >= 4 is 17.3 Å². The highest BCUT2D eigenvalue weighted by Crippen LogP contribution is 2.27. The number of likely N-dealkylation sites (tertiary alicyclic amines) is 1. The van der Waals surface area contributed by atoms with Crippen molar-refractivity contribution in [2.75, 3.05) is 23.7 Å². The fourth-order valence-electron chi connectivity index (χ4n) is 4.09. The molecule has 1 unspecified atom stereocenters. The van der Waals surface area contributed by atoms with Crippen molar-refractivity contribution in [2.24, 2.45) is 5.73 Å². The molecule has 1 saturated heterocycles. The van der Waals surface area contributed by atoms with Crippen LogP contribution in [0.1, 0.15) is 37.3 Å². The fourth-order valence-corrected chi connectivity index (χ4v) is 4.09. The standard InChI is InChI=1S/C23H29N5O/c1-17(13-23(26)29)27-11-9-22(10-12-27)28(21-7-5-20(25)6-8-21)16-19-4-2-3-18(14-19)15-24/h2-8,14,17,22H,9-13,16,25H2,1H3,(H2,26,29). The van der Waals surface area contributed by atoms with E-state index in [0.717, 1.165) is 49.4 Å². The number of nitriles is 1. The Hall–Kier alpha value is -3.04. The number of carbonyl (C=O) groups is 1. The number of anilines is 2. The van der Waals surface area contributed by atoms with E-state index in [1.807, 2.05) is 30.3 Å². The summed E-state index contributed by atoms with van der Waals surface area (Å²) >= 11 is 0. The maximum absolute atomic E-state index is 11.2. The summed E-state index contributed by atoms with van der Waals surface area (Å²) in [4.78, 5) is 16.0. The number of primary amides is 1. The lowest BCUT2D eigenvalue weighted by atomic mass is 9.99. The number of nitrogens with zero attached hydrogens (tertiary/aromatic N) is 3. The quantitative estimate of drug-likeness (QED) is 0.707. The van der Waals surface area contributed by atoms with Gasteiger partial charge in [-0.15, -0.1) is 0 Å². The molecule has 3 rings (SSSR count). The molecule has 0 aliphatic carbocycles. The fraction of sp³-hybridized carbons (Fsp3) is 0.391. The molecule has 6 heteroatoms. The number of hydrogen-bond acceptors (Lipinski definition) is 5. The van der Waals surface area contributed by atoms with Crippen LogP contribution in [0.15, 0.2) is 48.5 Å². The van der Waals surface area contributed by atoms with Gasteiger partial charge in [-0.05, 0) is 61.7 Å². The minimum atomic E-state index is -0.250. The molecule has 1 fully saturated rings. The first-order chi connectivity index (χ1) is 14.0. The van der Waals surface area contributed by atoms with E-state index >= 15 is 0 Å². The zero-order valence-corrected chi connectivity index (χ0v) is 16.9. The van der Waals surface area contributed by atoms with Crippen LogP contribution in [-0.2, 0) is 11.3 Å². The van der Waals surface area contributed by atoms with Crippen molar-refractivity contribution in [1.82, 2.24) is 4.90 Å². The Bertz CT molecular complexity index is 866. The first-order valence-corrected chi connectivity index (χ1v) is 10.1. The Morgan fingerprint density at radius 3 is 2.55 bits per heavy atom. The summed E-state index contributed by atoms with van der Waals surface area (Å²) in [6.45, 7) is 4.67. The first kappa shape index (κ1) is 20.7. The zero-order chi connectivity index (χ0) is 20.8. The zero-order valence-electron chi connectivity index (χ0n) is 16.9. The molecule has 0 spiro atoms. The molecule has 6 nitrogen and oxygen atoms in total.